The molecule has 0 aromatic carbocycles. The van der Waals surface area contributed by atoms with Crippen LogP contribution in [0.5, 0.6) is 0 Å². The summed E-state index contributed by atoms with van der Waals surface area (Å²) in [5.74, 6) is 0.726. The molecule has 3 radical (unpaired) electrons. The first-order valence-electron chi connectivity index (χ1n) is 4.18. The molecule has 0 spiro atoms. The van der Waals surface area contributed by atoms with Crippen LogP contribution in [0.15, 0.2) is 0 Å². The average molecular weight is 154 g/mol. The second-order valence-corrected chi connectivity index (χ2v) is 3.08. The van der Waals surface area contributed by atoms with Crippen LogP contribution in [-0.2, 0) is 4.74 Å². The zero-order chi connectivity index (χ0) is 7.40. The Labute approximate surface area is 71.3 Å². The first-order valence-corrected chi connectivity index (χ1v) is 4.18. The monoisotopic (exact) mass is 154 g/mol. The van der Waals surface area contributed by atoms with Crippen LogP contribution in [0.1, 0.15) is 26.7 Å². The standard InChI is InChI=1S/C8H17NO.B/c1-3-8-9-5-4-7(2)6-10-8;/h7-9H,3-6H2,1-2H3;. The number of ether oxygens (including phenoxy) is 1. The molecule has 2 unspecified atom stereocenters. The van der Waals surface area contributed by atoms with Crippen molar-refractivity contribution in [2.45, 2.75) is 32.9 Å². The van der Waals surface area contributed by atoms with Gasteiger partial charge in [0.05, 0.1) is 6.61 Å². The molecule has 0 aromatic heterocycles. The van der Waals surface area contributed by atoms with Gasteiger partial charge in [-0.1, -0.05) is 13.8 Å². The largest absolute Gasteiger partial charge is 0.363 e. The summed E-state index contributed by atoms with van der Waals surface area (Å²) in [6, 6.07) is 0. The summed E-state index contributed by atoms with van der Waals surface area (Å²) in [5.41, 5.74) is 0. The topological polar surface area (TPSA) is 21.3 Å². The van der Waals surface area contributed by atoms with Gasteiger partial charge in [-0.3, -0.25) is 5.32 Å². The molecular formula is C8H17BNO. The van der Waals surface area contributed by atoms with Crippen LogP contribution in [-0.4, -0.2) is 27.8 Å². The Hall–Kier alpha value is -0.0151. The molecule has 2 atom stereocenters. The molecule has 1 aliphatic rings. The van der Waals surface area contributed by atoms with E-state index in [1.807, 2.05) is 0 Å². The first kappa shape index (κ1) is 11.0. The fourth-order valence-electron chi connectivity index (χ4n) is 1.18. The highest BCUT2D eigenvalue weighted by molar-refractivity contribution is 5.75. The minimum atomic E-state index is 0. The van der Waals surface area contributed by atoms with Crippen molar-refractivity contribution in [3.8, 4) is 0 Å². The third-order valence-electron chi connectivity index (χ3n) is 1.96. The smallest absolute Gasteiger partial charge is 0.107 e. The van der Waals surface area contributed by atoms with Gasteiger partial charge in [-0.2, -0.15) is 0 Å². The van der Waals surface area contributed by atoms with Gasteiger partial charge >= 0.3 is 0 Å². The van der Waals surface area contributed by atoms with Crippen LogP contribution in [0.3, 0.4) is 0 Å². The fourth-order valence-corrected chi connectivity index (χ4v) is 1.18. The minimum absolute atomic E-state index is 0. The maximum atomic E-state index is 5.55. The van der Waals surface area contributed by atoms with Gasteiger partial charge in [0.15, 0.2) is 0 Å². The van der Waals surface area contributed by atoms with E-state index in [1.54, 1.807) is 0 Å². The molecule has 0 aliphatic carbocycles. The lowest BCUT2D eigenvalue weighted by Gasteiger charge is -2.13. The van der Waals surface area contributed by atoms with E-state index in [4.69, 9.17) is 4.74 Å². The third-order valence-corrected chi connectivity index (χ3v) is 1.96. The molecule has 3 heteroatoms. The normalized spacial score (nSPS) is 32.2. The molecule has 1 N–H and O–H groups in total. The predicted molar refractivity (Wildman–Crippen MR) is 47.6 cm³/mol. The summed E-state index contributed by atoms with van der Waals surface area (Å²) in [4.78, 5) is 0. The SMILES string of the molecule is CCC1NCCC(C)CO1.[B]. The van der Waals surface area contributed by atoms with Gasteiger partial charge < -0.3 is 4.74 Å². The van der Waals surface area contributed by atoms with Crippen molar-refractivity contribution in [2.75, 3.05) is 13.2 Å². The number of rotatable bonds is 1. The van der Waals surface area contributed by atoms with Gasteiger partial charge in [0.1, 0.15) is 6.23 Å². The highest BCUT2D eigenvalue weighted by Gasteiger charge is 2.12. The van der Waals surface area contributed by atoms with Crippen molar-refractivity contribution in [2.24, 2.45) is 5.92 Å². The molecule has 63 valence electrons. The average Bonchev–Trinajstić information content (AvgIpc) is 2.14. The number of nitrogens with one attached hydrogen (secondary N) is 1. The third kappa shape index (κ3) is 3.78. The predicted octanol–water partition coefficient (Wildman–Crippen LogP) is 0.988. The van der Waals surface area contributed by atoms with E-state index in [0.29, 0.717) is 6.23 Å². The van der Waals surface area contributed by atoms with Crippen LogP contribution >= 0.6 is 0 Å². The lowest BCUT2D eigenvalue weighted by molar-refractivity contribution is 0.0274. The number of hydrogen-bond acceptors (Lipinski definition) is 2. The zero-order valence-corrected chi connectivity index (χ0v) is 7.47. The van der Waals surface area contributed by atoms with E-state index in [-0.39, 0.29) is 8.41 Å². The molecular weight excluding hydrogens is 137 g/mol. The first-order chi connectivity index (χ1) is 4.83. The highest BCUT2D eigenvalue weighted by atomic mass is 16.5. The van der Waals surface area contributed by atoms with Crippen LogP contribution in [0.4, 0.5) is 0 Å². The maximum Gasteiger partial charge on any atom is 0.107 e. The summed E-state index contributed by atoms with van der Waals surface area (Å²) in [6.45, 7) is 6.42. The van der Waals surface area contributed by atoms with Crippen molar-refractivity contribution >= 4 is 8.41 Å². The quantitative estimate of drug-likeness (QED) is 0.568. The molecule has 0 amide bonds. The van der Waals surface area contributed by atoms with Gasteiger partial charge in [0.2, 0.25) is 0 Å². The highest BCUT2D eigenvalue weighted by Crippen LogP contribution is 2.08. The molecule has 0 saturated carbocycles. The molecule has 1 aliphatic heterocycles. The van der Waals surface area contributed by atoms with E-state index < -0.39 is 0 Å². The van der Waals surface area contributed by atoms with Gasteiger partial charge in [-0.25, -0.2) is 0 Å². The van der Waals surface area contributed by atoms with Crippen LogP contribution in [0.25, 0.3) is 0 Å². The van der Waals surface area contributed by atoms with E-state index in [1.165, 1.54) is 6.42 Å². The number of hydrogen-bond donors (Lipinski definition) is 1. The lowest BCUT2D eigenvalue weighted by Crippen LogP contribution is -2.29. The van der Waals surface area contributed by atoms with E-state index in [0.717, 1.165) is 25.5 Å². The summed E-state index contributed by atoms with van der Waals surface area (Å²) in [6.07, 6.45) is 2.63. The molecule has 11 heavy (non-hydrogen) atoms. The van der Waals surface area contributed by atoms with Crippen LogP contribution < -0.4 is 5.32 Å². The Bertz CT molecular complexity index is 100. The zero-order valence-electron chi connectivity index (χ0n) is 7.47. The van der Waals surface area contributed by atoms with Crippen molar-refractivity contribution < 1.29 is 4.74 Å². The second kappa shape index (κ2) is 5.61. The van der Waals surface area contributed by atoms with Crippen LogP contribution in [0.2, 0.25) is 0 Å². The van der Waals surface area contributed by atoms with E-state index >= 15 is 0 Å². The van der Waals surface area contributed by atoms with Gasteiger partial charge in [-0.05, 0) is 25.3 Å². The van der Waals surface area contributed by atoms with Gasteiger partial charge in [-0.15, -0.1) is 0 Å². The Morgan fingerprint density at radius 1 is 1.55 bits per heavy atom. The molecule has 1 rings (SSSR count). The summed E-state index contributed by atoms with van der Waals surface area (Å²) < 4.78 is 5.55. The molecule has 2 nitrogen and oxygen atoms in total. The molecule has 1 heterocycles. The Morgan fingerprint density at radius 2 is 2.27 bits per heavy atom. The second-order valence-electron chi connectivity index (χ2n) is 3.08. The van der Waals surface area contributed by atoms with Gasteiger partial charge in [0.25, 0.3) is 0 Å². The Balaban J connectivity index is 0.000001000. The van der Waals surface area contributed by atoms with E-state index in [2.05, 4.69) is 19.2 Å². The van der Waals surface area contributed by atoms with Crippen molar-refractivity contribution in [1.82, 2.24) is 5.32 Å². The van der Waals surface area contributed by atoms with Gasteiger partial charge in [0, 0.05) is 8.41 Å². The molecule has 0 aromatic rings. The fraction of sp³-hybridized carbons (Fsp3) is 1.00. The molecule has 1 fully saturated rings. The molecule has 1 saturated heterocycles. The van der Waals surface area contributed by atoms with Crippen LogP contribution in [0, 0.1) is 5.92 Å². The summed E-state index contributed by atoms with van der Waals surface area (Å²) >= 11 is 0. The van der Waals surface area contributed by atoms with E-state index in [9.17, 15) is 0 Å². The van der Waals surface area contributed by atoms with Crippen molar-refractivity contribution in [3.05, 3.63) is 0 Å². The maximum absolute atomic E-state index is 5.55. The van der Waals surface area contributed by atoms with Crippen molar-refractivity contribution in [1.29, 1.82) is 0 Å². The minimum Gasteiger partial charge on any atom is -0.363 e. The summed E-state index contributed by atoms with van der Waals surface area (Å²) in [7, 11) is 0. The summed E-state index contributed by atoms with van der Waals surface area (Å²) in [5, 5.41) is 3.34. The van der Waals surface area contributed by atoms with Crippen molar-refractivity contribution in [3.63, 3.8) is 0 Å². The Morgan fingerprint density at radius 3 is 2.91 bits per heavy atom. The Kier molecular flexibility index (Phi) is 5.60. The lowest BCUT2D eigenvalue weighted by atomic mass is 10.1. The molecule has 0 bridgehead atoms.